The molecular formula is C17H28FN. The van der Waals surface area contributed by atoms with E-state index < -0.39 is 0 Å². The quantitative estimate of drug-likeness (QED) is 0.697. The Kier molecular flexibility index (Phi) is 7.07. The van der Waals surface area contributed by atoms with Crippen LogP contribution in [0.2, 0.25) is 0 Å². The first-order chi connectivity index (χ1) is 9.13. The molecule has 1 aromatic carbocycles. The first-order valence-corrected chi connectivity index (χ1v) is 7.63. The molecule has 0 amide bonds. The third-order valence-electron chi connectivity index (χ3n) is 3.83. The summed E-state index contributed by atoms with van der Waals surface area (Å²) in [7, 11) is 0. The van der Waals surface area contributed by atoms with Crippen molar-refractivity contribution in [3.63, 3.8) is 0 Å². The number of hydrogen-bond acceptors (Lipinski definition) is 1. The molecule has 0 aliphatic heterocycles. The maximum Gasteiger partial charge on any atom is 0.128 e. The third-order valence-corrected chi connectivity index (χ3v) is 3.83. The van der Waals surface area contributed by atoms with Crippen molar-refractivity contribution in [2.75, 3.05) is 6.54 Å². The summed E-state index contributed by atoms with van der Waals surface area (Å²) in [4.78, 5) is 0. The molecule has 0 aromatic heterocycles. The van der Waals surface area contributed by atoms with Crippen molar-refractivity contribution in [2.45, 2.75) is 59.4 Å². The lowest BCUT2D eigenvalue weighted by molar-refractivity contribution is 0.320. The second-order valence-electron chi connectivity index (χ2n) is 5.37. The van der Waals surface area contributed by atoms with Gasteiger partial charge >= 0.3 is 0 Å². The first kappa shape index (κ1) is 16.2. The van der Waals surface area contributed by atoms with Gasteiger partial charge < -0.3 is 5.32 Å². The minimum Gasteiger partial charge on any atom is -0.310 e. The van der Waals surface area contributed by atoms with Crippen LogP contribution in [0.1, 0.15) is 63.6 Å². The lowest BCUT2D eigenvalue weighted by Crippen LogP contribution is -2.29. The van der Waals surface area contributed by atoms with Crippen LogP contribution in [0.5, 0.6) is 0 Å². The van der Waals surface area contributed by atoms with Crippen LogP contribution in [0, 0.1) is 18.7 Å². The fourth-order valence-electron chi connectivity index (χ4n) is 2.72. The molecule has 2 heteroatoms. The van der Waals surface area contributed by atoms with Crippen LogP contribution in [0.25, 0.3) is 0 Å². The highest BCUT2D eigenvalue weighted by Crippen LogP contribution is 2.31. The molecule has 1 rings (SSSR count). The minimum absolute atomic E-state index is 0.0773. The molecule has 0 bridgehead atoms. The van der Waals surface area contributed by atoms with Gasteiger partial charge in [0.1, 0.15) is 5.82 Å². The molecule has 2 atom stereocenters. The Morgan fingerprint density at radius 3 is 2.53 bits per heavy atom. The van der Waals surface area contributed by atoms with E-state index in [-0.39, 0.29) is 11.9 Å². The van der Waals surface area contributed by atoms with Gasteiger partial charge in [-0.25, -0.2) is 4.39 Å². The predicted molar refractivity (Wildman–Crippen MR) is 80.9 cm³/mol. The van der Waals surface area contributed by atoms with Crippen LogP contribution in [0.4, 0.5) is 4.39 Å². The standard InChI is InChI=1S/C17H28FN/c1-5-8-9-14(6-2)17(19-7-3)15-12-13(4)10-11-16(15)18/h10-12,14,17,19H,5-9H2,1-4H3. The van der Waals surface area contributed by atoms with Gasteiger partial charge in [-0.1, -0.05) is 57.7 Å². The second-order valence-corrected chi connectivity index (χ2v) is 5.37. The second kappa shape index (κ2) is 8.31. The molecule has 0 aliphatic carbocycles. The van der Waals surface area contributed by atoms with Gasteiger partial charge in [-0.2, -0.15) is 0 Å². The monoisotopic (exact) mass is 265 g/mol. The summed E-state index contributed by atoms with van der Waals surface area (Å²) >= 11 is 0. The highest BCUT2D eigenvalue weighted by atomic mass is 19.1. The number of nitrogens with one attached hydrogen (secondary N) is 1. The van der Waals surface area contributed by atoms with Gasteiger partial charge in [-0.3, -0.25) is 0 Å². The molecule has 0 saturated heterocycles. The molecule has 0 heterocycles. The largest absolute Gasteiger partial charge is 0.310 e. The maximum absolute atomic E-state index is 14.1. The Bertz CT molecular complexity index is 376. The zero-order valence-corrected chi connectivity index (χ0v) is 12.8. The van der Waals surface area contributed by atoms with Crippen molar-refractivity contribution < 1.29 is 4.39 Å². The lowest BCUT2D eigenvalue weighted by Gasteiger charge is -2.28. The van der Waals surface area contributed by atoms with Gasteiger partial charge in [0, 0.05) is 11.6 Å². The van der Waals surface area contributed by atoms with Gasteiger partial charge in [-0.15, -0.1) is 0 Å². The number of hydrogen-bond donors (Lipinski definition) is 1. The van der Waals surface area contributed by atoms with E-state index in [2.05, 4.69) is 26.1 Å². The van der Waals surface area contributed by atoms with Gasteiger partial charge in [0.05, 0.1) is 0 Å². The number of benzene rings is 1. The Hall–Kier alpha value is -0.890. The minimum atomic E-state index is -0.0773. The van der Waals surface area contributed by atoms with Crippen molar-refractivity contribution in [1.82, 2.24) is 5.32 Å². The van der Waals surface area contributed by atoms with Crippen molar-refractivity contribution in [2.24, 2.45) is 5.92 Å². The fraction of sp³-hybridized carbons (Fsp3) is 0.647. The highest BCUT2D eigenvalue weighted by Gasteiger charge is 2.23. The van der Waals surface area contributed by atoms with E-state index in [9.17, 15) is 4.39 Å². The molecule has 0 fully saturated rings. The highest BCUT2D eigenvalue weighted by molar-refractivity contribution is 5.27. The first-order valence-electron chi connectivity index (χ1n) is 7.63. The normalized spacial score (nSPS) is 14.4. The molecule has 19 heavy (non-hydrogen) atoms. The zero-order chi connectivity index (χ0) is 14.3. The van der Waals surface area contributed by atoms with E-state index in [1.54, 1.807) is 6.07 Å². The average Bonchev–Trinajstić information content (AvgIpc) is 2.41. The van der Waals surface area contributed by atoms with E-state index >= 15 is 0 Å². The smallest absolute Gasteiger partial charge is 0.128 e. The molecule has 0 aliphatic rings. The molecular weight excluding hydrogens is 237 g/mol. The molecule has 108 valence electrons. The number of unbranched alkanes of at least 4 members (excludes halogenated alkanes) is 1. The Balaban J connectivity index is 2.99. The van der Waals surface area contributed by atoms with Crippen LogP contribution in [0.3, 0.4) is 0 Å². The summed E-state index contributed by atoms with van der Waals surface area (Å²) in [5, 5.41) is 3.49. The molecule has 2 unspecified atom stereocenters. The fourth-order valence-corrected chi connectivity index (χ4v) is 2.72. The Morgan fingerprint density at radius 2 is 1.95 bits per heavy atom. The van der Waals surface area contributed by atoms with E-state index in [1.165, 1.54) is 12.8 Å². The van der Waals surface area contributed by atoms with Crippen LogP contribution in [-0.2, 0) is 0 Å². The summed E-state index contributed by atoms with van der Waals surface area (Å²) in [6.07, 6.45) is 4.67. The molecule has 1 N–H and O–H groups in total. The van der Waals surface area contributed by atoms with E-state index in [0.717, 1.165) is 30.5 Å². The van der Waals surface area contributed by atoms with E-state index in [4.69, 9.17) is 0 Å². The number of rotatable bonds is 8. The SMILES string of the molecule is CCCCC(CC)C(NCC)c1cc(C)ccc1F. The van der Waals surface area contributed by atoms with Crippen LogP contribution in [0.15, 0.2) is 18.2 Å². The summed E-state index contributed by atoms with van der Waals surface area (Å²) in [5.74, 6) is 0.433. The van der Waals surface area contributed by atoms with Crippen molar-refractivity contribution in [3.8, 4) is 0 Å². The summed E-state index contributed by atoms with van der Waals surface area (Å²) in [5.41, 5.74) is 1.97. The number of halogens is 1. The Labute approximate surface area is 117 Å². The van der Waals surface area contributed by atoms with Gasteiger partial charge in [0.2, 0.25) is 0 Å². The third kappa shape index (κ3) is 4.61. The van der Waals surface area contributed by atoms with Crippen molar-refractivity contribution in [3.05, 3.63) is 35.1 Å². The van der Waals surface area contributed by atoms with Gasteiger partial charge in [0.15, 0.2) is 0 Å². The Morgan fingerprint density at radius 1 is 1.21 bits per heavy atom. The van der Waals surface area contributed by atoms with Crippen LogP contribution >= 0.6 is 0 Å². The topological polar surface area (TPSA) is 12.0 Å². The van der Waals surface area contributed by atoms with E-state index in [0.29, 0.717) is 5.92 Å². The van der Waals surface area contributed by atoms with Crippen LogP contribution < -0.4 is 5.32 Å². The molecule has 1 nitrogen and oxygen atoms in total. The molecule has 0 spiro atoms. The number of aryl methyl sites for hydroxylation is 1. The molecule has 0 saturated carbocycles. The average molecular weight is 265 g/mol. The summed E-state index contributed by atoms with van der Waals surface area (Å²) in [6.45, 7) is 9.41. The maximum atomic E-state index is 14.1. The zero-order valence-electron chi connectivity index (χ0n) is 12.8. The predicted octanol–water partition coefficient (Wildman–Crippen LogP) is 5.00. The summed E-state index contributed by atoms with van der Waals surface area (Å²) < 4.78 is 14.1. The van der Waals surface area contributed by atoms with Gasteiger partial charge in [0.25, 0.3) is 0 Å². The summed E-state index contributed by atoms with van der Waals surface area (Å²) in [6, 6.07) is 5.58. The van der Waals surface area contributed by atoms with Crippen LogP contribution in [-0.4, -0.2) is 6.54 Å². The van der Waals surface area contributed by atoms with Gasteiger partial charge in [-0.05, 0) is 31.9 Å². The van der Waals surface area contributed by atoms with Crippen molar-refractivity contribution >= 4 is 0 Å². The van der Waals surface area contributed by atoms with Crippen molar-refractivity contribution in [1.29, 1.82) is 0 Å². The molecule has 1 aromatic rings. The lowest BCUT2D eigenvalue weighted by atomic mass is 9.86. The molecule has 0 radical (unpaired) electrons. The van der Waals surface area contributed by atoms with E-state index in [1.807, 2.05) is 19.1 Å².